The first-order valence-corrected chi connectivity index (χ1v) is 12.7. The highest BCUT2D eigenvalue weighted by Crippen LogP contribution is 2.15. The lowest BCUT2D eigenvalue weighted by molar-refractivity contribution is -0.153. The van der Waals surface area contributed by atoms with Crippen molar-refractivity contribution >= 4 is 11.9 Å². The monoisotopic (exact) mass is 424 g/mol. The molecule has 0 aliphatic carbocycles. The third kappa shape index (κ3) is 21.4. The van der Waals surface area contributed by atoms with Crippen molar-refractivity contribution in [2.45, 2.75) is 142 Å². The van der Waals surface area contributed by atoms with Crippen LogP contribution in [0.4, 0.5) is 0 Å². The van der Waals surface area contributed by atoms with Crippen molar-refractivity contribution in [1.29, 1.82) is 0 Å². The first-order chi connectivity index (χ1) is 14.6. The molecule has 0 aromatic heterocycles. The molecule has 0 aliphatic heterocycles. The van der Waals surface area contributed by atoms with Gasteiger partial charge in [0.1, 0.15) is 6.10 Å². The number of rotatable bonds is 22. The second-order valence-corrected chi connectivity index (χ2v) is 8.54. The van der Waals surface area contributed by atoms with Gasteiger partial charge in [0.25, 0.3) is 0 Å². The predicted molar refractivity (Wildman–Crippen MR) is 126 cm³/mol. The van der Waals surface area contributed by atoms with Crippen molar-refractivity contribution in [2.24, 2.45) is 0 Å². The van der Waals surface area contributed by atoms with Gasteiger partial charge in [0.2, 0.25) is 0 Å². The molecular weight excluding hydrogens is 376 g/mol. The minimum atomic E-state index is -0.891. The summed E-state index contributed by atoms with van der Waals surface area (Å²) in [6.07, 6.45) is 23.7. The van der Waals surface area contributed by atoms with Crippen LogP contribution in [0.1, 0.15) is 136 Å². The molecule has 0 saturated carbocycles. The summed E-state index contributed by atoms with van der Waals surface area (Å²) < 4.78 is 5.46. The molecule has 4 nitrogen and oxygen atoms in total. The summed E-state index contributed by atoms with van der Waals surface area (Å²) in [5, 5.41) is 9.08. The maximum Gasteiger partial charge on any atom is 0.307 e. The minimum Gasteiger partial charge on any atom is -0.481 e. The van der Waals surface area contributed by atoms with Crippen molar-refractivity contribution in [3.63, 3.8) is 0 Å². The van der Waals surface area contributed by atoms with Gasteiger partial charge in [-0.15, -0.1) is 0 Å². The number of carboxylic acids is 1. The normalized spacial score (nSPS) is 12.3. The minimum absolute atomic E-state index is 0.0787. The lowest BCUT2D eigenvalue weighted by Gasteiger charge is -2.16. The van der Waals surface area contributed by atoms with Crippen LogP contribution in [0.5, 0.6) is 0 Å². The van der Waals surface area contributed by atoms with Crippen LogP contribution < -0.4 is 0 Å². The number of unbranched alkanes of at least 4 members (excludes halogenated alkanes) is 13. The summed E-state index contributed by atoms with van der Waals surface area (Å²) in [4.78, 5) is 23.1. The summed E-state index contributed by atoms with van der Waals surface area (Å²) in [5.74, 6) is -1.13. The molecule has 0 fully saturated rings. The van der Waals surface area contributed by atoms with Crippen molar-refractivity contribution in [1.82, 2.24) is 0 Å². The molecule has 0 saturated heterocycles. The second kappa shape index (κ2) is 22.4. The highest BCUT2D eigenvalue weighted by atomic mass is 16.5. The topological polar surface area (TPSA) is 63.6 Å². The molecule has 0 radical (unpaired) electrons. The van der Waals surface area contributed by atoms with Gasteiger partial charge in [-0.2, -0.15) is 0 Å². The molecule has 1 N–H and O–H groups in total. The Hall–Kier alpha value is -1.32. The molecule has 4 heteroatoms. The van der Waals surface area contributed by atoms with Gasteiger partial charge in [0, 0.05) is 6.42 Å². The predicted octanol–water partition coefficient (Wildman–Crippen LogP) is 7.99. The molecule has 176 valence electrons. The number of esters is 1. The number of ether oxygens (including phenoxy) is 1. The zero-order valence-corrected chi connectivity index (χ0v) is 19.8. The fraction of sp³-hybridized carbons (Fsp3) is 0.846. The van der Waals surface area contributed by atoms with Gasteiger partial charge in [-0.3, -0.25) is 9.59 Å². The highest BCUT2D eigenvalue weighted by molar-refractivity contribution is 5.71. The number of carbonyl (C=O) groups excluding carboxylic acids is 1. The van der Waals surface area contributed by atoms with Crippen molar-refractivity contribution < 1.29 is 19.4 Å². The van der Waals surface area contributed by atoms with E-state index >= 15 is 0 Å². The van der Waals surface area contributed by atoms with Crippen molar-refractivity contribution in [2.75, 3.05) is 0 Å². The Morgan fingerprint density at radius 1 is 0.733 bits per heavy atom. The van der Waals surface area contributed by atoms with Crippen LogP contribution in [0.3, 0.4) is 0 Å². The van der Waals surface area contributed by atoms with E-state index in [9.17, 15) is 9.59 Å². The summed E-state index contributed by atoms with van der Waals surface area (Å²) >= 11 is 0. The maximum atomic E-state index is 12.1. The summed E-state index contributed by atoms with van der Waals surface area (Å²) in [6.45, 7) is 4.44. The molecule has 0 rings (SSSR count). The molecule has 0 aromatic rings. The van der Waals surface area contributed by atoms with Crippen LogP contribution in [0.2, 0.25) is 0 Å². The van der Waals surface area contributed by atoms with Crippen LogP contribution in [-0.4, -0.2) is 23.1 Å². The molecule has 1 unspecified atom stereocenters. The molecule has 0 bridgehead atoms. The van der Waals surface area contributed by atoms with E-state index in [0.29, 0.717) is 12.8 Å². The van der Waals surface area contributed by atoms with Crippen LogP contribution in [0, 0.1) is 0 Å². The Morgan fingerprint density at radius 2 is 1.23 bits per heavy atom. The van der Waals surface area contributed by atoms with Gasteiger partial charge in [-0.25, -0.2) is 0 Å². The van der Waals surface area contributed by atoms with Gasteiger partial charge in [0.05, 0.1) is 6.42 Å². The first kappa shape index (κ1) is 28.7. The zero-order chi connectivity index (χ0) is 22.3. The fourth-order valence-electron chi connectivity index (χ4n) is 3.60. The molecule has 1 atom stereocenters. The average molecular weight is 425 g/mol. The highest BCUT2D eigenvalue weighted by Gasteiger charge is 2.17. The van der Waals surface area contributed by atoms with Crippen LogP contribution in [0.25, 0.3) is 0 Å². The smallest absolute Gasteiger partial charge is 0.307 e. The van der Waals surface area contributed by atoms with Gasteiger partial charge < -0.3 is 9.84 Å². The fourth-order valence-corrected chi connectivity index (χ4v) is 3.60. The molecule has 0 amide bonds. The number of carbonyl (C=O) groups is 2. The van der Waals surface area contributed by atoms with Crippen molar-refractivity contribution in [3.05, 3.63) is 12.2 Å². The summed E-state index contributed by atoms with van der Waals surface area (Å²) in [7, 11) is 0. The summed E-state index contributed by atoms with van der Waals surface area (Å²) in [6, 6.07) is 0. The third-order valence-electron chi connectivity index (χ3n) is 5.47. The Balaban J connectivity index is 3.79. The second-order valence-electron chi connectivity index (χ2n) is 8.54. The van der Waals surface area contributed by atoms with Gasteiger partial charge in [0.15, 0.2) is 0 Å². The van der Waals surface area contributed by atoms with E-state index in [1.165, 1.54) is 64.2 Å². The standard InChI is InChI=1S/C26H48O4/c1-3-5-7-9-11-12-13-14-16-18-20-22-26(29)30-24(23-25(27)28)21-19-17-15-10-8-6-4-2/h12-13,24H,3-11,14-23H2,1-2H3,(H,27,28)/b13-12-. The lowest BCUT2D eigenvalue weighted by atomic mass is 10.0. The SMILES string of the molecule is CCCCCC/C=C\CCCCCC(=O)OC(CCCCCCCCC)CC(=O)O. The number of hydrogen-bond acceptors (Lipinski definition) is 3. The van der Waals surface area contributed by atoms with Gasteiger partial charge in [-0.05, 0) is 44.9 Å². The van der Waals surface area contributed by atoms with E-state index in [1.807, 2.05) is 0 Å². The number of allylic oxidation sites excluding steroid dienone is 2. The van der Waals surface area contributed by atoms with E-state index in [2.05, 4.69) is 26.0 Å². The first-order valence-electron chi connectivity index (χ1n) is 12.7. The van der Waals surface area contributed by atoms with E-state index in [4.69, 9.17) is 9.84 Å². The Morgan fingerprint density at radius 3 is 1.80 bits per heavy atom. The van der Waals surface area contributed by atoms with E-state index in [-0.39, 0.29) is 12.4 Å². The Bertz CT molecular complexity index is 431. The molecule has 0 heterocycles. The lowest BCUT2D eigenvalue weighted by Crippen LogP contribution is -2.21. The van der Waals surface area contributed by atoms with E-state index < -0.39 is 12.1 Å². The molecular formula is C26H48O4. The van der Waals surface area contributed by atoms with Gasteiger partial charge >= 0.3 is 11.9 Å². The zero-order valence-electron chi connectivity index (χ0n) is 19.8. The molecule has 0 aromatic carbocycles. The molecule has 0 aliphatic rings. The van der Waals surface area contributed by atoms with Crippen LogP contribution >= 0.6 is 0 Å². The van der Waals surface area contributed by atoms with Crippen LogP contribution in [-0.2, 0) is 14.3 Å². The summed E-state index contributed by atoms with van der Waals surface area (Å²) in [5.41, 5.74) is 0. The third-order valence-corrected chi connectivity index (χ3v) is 5.47. The van der Waals surface area contributed by atoms with Crippen LogP contribution in [0.15, 0.2) is 12.2 Å². The van der Waals surface area contributed by atoms with Crippen molar-refractivity contribution in [3.8, 4) is 0 Å². The Kier molecular flexibility index (Phi) is 21.4. The largest absolute Gasteiger partial charge is 0.481 e. The quantitative estimate of drug-likeness (QED) is 0.109. The molecule has 30 heavy (non-hydrogen) atoms. The molecule has 0 spiro atoms. The van der Waals surface area contributed by atoms with Gasteiger partial charge in [-0.1, -0.05) is 90.2 Å². The number of hydrogen-bond donors (Lipinski definition) is 1. The average Bonchev–Trinajstić information content (AvgIpc) is 2.70. The Labute approximate surface area is 185 Å². The van der Waals surface area contributed by atoms with E-state index in [0.717, 1.165) is 38.5 Å². The maximum absolute atomic E-state index is 12.1. The number of aliphatic carboxylic acids is 1. The van der Waals surface area contributed by atoms with E-state index in [1.54, 1.807) is 0 Å². The number of carboxylic acid groups (broad SMARTS) is 1.